The molecule has 1 unspecified atom stereocenters. The van der Waals surface area contributed by atoms with Gasteiger partial charge in [-0.3, -0.25) is 0 Å². The van der Waals surface area contributed by atoms with Gasteiger partial charge in [-0.25, -0.2) is 4.39 Å². The number of nitrogens with one attached hydrogen (secondary N) is 1. The maximum atomic E-state index is 13.4. The third kappa shape index (κ3) is 4.02. The molecule has 0 fully saturated rings. The zero-order valence-corrected chi connectivity index (χ0v) is 14.9. The molecule has 2 aromatic carbocycles. The first-order chi connectivity index (χ1) is 9.61. The maximum Gasteiger partial charge on any atom is 0.123 e. The second-order valence-corrected chi connectivity index (χ2v) is 6.59. The molecule has 0 radical (unpaired) electrons. The van der Waals surface area contributed by atoms with Gasteiger partial charge in [0.15, 0.2) is 0 Å². The van der Waals surface area contributed by atoms with E-state index in [1.165, 1.54) is 15.2 Å². The van der Waals surface area contributed by atoms with Gasteiger partial charge in [0.2, 0.25) is 0 Å². The Kier molecular flexibility index (Phi) is 5.99. The van der Waals surface area contributed by atoms with E-state index in [4.69, 9.17) is 0 Å². The van der Waals surface area contributed by atoms with E-state index in [0.717, 1.165) is 23.0 Å². The molecule has 0 heterocycles. The fourth-order valence-electron chi connectivity index (χ4n) is 2.22. The van der Waals surface area contributed by atoms with Crippen LogP contribution in [0.4, 0.5) is 4.39 Å². The Hall–Kier alpha value is -0.460. The molecule has 0 saturated carbocycles. The fourth-order valence-corrected chi connectivity index (χ4v) is 3.39. The number of rotatable bonds is 5. The zero-order valence-electron chi connectivity index (χ0n) is 11.2. The van der Waals surface area contributed by atoms with Crippen LogP contribution in [0.2, 0.25) is 0 Å². The summed E-state index contributed by atoms with van der Waals surface area (Å²) in [5.41, 5.74) is 2.24. The van der Waals surface area contributed by atoms with Crippen molar-refractivity contribution in [2.24, 2.45) is 0 Å². The Bertz CT molecular complexity index is 588. The molecule has 0 aromatic heterocycles. The molecular weight excluding hydrogens is 432 g/mol. The molecule has 106 valence electrons. The third-order valence-electron chi connectivity index (χ3n) is 3.16. The van der Waals surface area contributed by atoms with Gasteiger partial charge in [0.05, 0.1) is 0 Å². The summed E-state index contributed by atoms with van der Waals surface area (Å²) in [6.07, 6.45) is 0.756. The maximum absolute atomic E-state index is 13.4. The SMILES string of the molecule is CCNC(Cc1cc(F)ccc1Br)c1ccccc1I. The number of halogens is 3. The molecule has 20 heavy (non-hydrogen) atoms. The normalized spacial score (nSPS) is 12.4. The molecule has 0 spiro atoms. The van der Waals surface area contributed by atoms with Gasteiger partial charge in [0.25, 0.3) is 0 Å². The molecule has 0 saturated heterocycles. The van der Waals surface area contributed by atoms with Gasteiger partial charge in [-0.1, -0.05) is 41.1 Å². The van der Waals surface area contributed by atoms with E-state index in [1.54, 1.807) is 12.1 Å². The average molecular weight is 448 g/mol. The van der Waals surface area contributed by atoms with Gasteiger partial charge in [-0.15, -0.1) is 0 Å². The highest BCUT2D eigenvalue weighted by molar-refractivity contribution is 14.1. The van der Waals surface area contributed by atoms with Crippen molar-refractivity contribution >= 4 is 38.5 Å². The standard InChI is InChI=1S/C16H16BrFIN/c1-2-20-16(13-5-3-4-6-15(13)19)10-11-9-12(18)7-8-14(11)17/h3-9,16,20H,2,10H2,1H3. The lowest BCUT2D eigenvalue weighted by Crippen LogP contribution is -2.24. The molecule has 0 aliphatic heterocycles. The predicted molar refractivity (Wildman–Crippen MR) is 93.4 cm³/mol. The van der Waals surface area contributed by atoms with Crippen LogP contribution in [0.3, 0.4) is 0 Å². The summed E-state index contributed by atoms with van der Waals surface area (Å²) in [5, 5.41) is 3.49. The molecule has 0 aliphatic carbocycles. The second-order valence-electron chi connectivity index (χ2n) is 4.57. The van der Waals surface area contributed by atoms with Crippen molar-refractivity contribution in [3.63, 3.8) is 0 Å². The summed E-state index contributed by atoms with van der Waals surface area (Å²) in [6, 6.07) is 13.3. The van der Waals surface area contributed by atoms with Crippen LogP contribution >= 0.6 is 38.5 Å². The quantitative estimate of drug-likeness (QED) is 0.629. The van der Waals surface area contributed by atoms with E-state index < -0.39 is 0 Å². The largest absolute Gasteiger partial charge is 0.310 e. The molecule has 2 aromatic rings. The van der Waals surface area contributed by atoms with Gasteiger partial charge in [0, 0.05) is 14.1 Å². The smallest absolute Gasteiger partial charge is 0.123 e. The topological polar surface area (TPSA) is 12.0 Å². The van der Waals surface area contributed by atoms with Crippen LogP contribution in [0.1, 0.15) is 24.1 Å². The van der Waals surface area contributed by atoms with Crippen molar-refractivity contribution in [3.8, 4) is 0 Å². The van der Waals surface area contributed by atoms with Crippen LogP contribution in [0.5, 0.6) is 0 Å². The van der Waals surface area contributed by atoms with E-state index in [2.05, 4.69) is 62.9 Å². The van der Waals surface area contributed by atoms with Crippen molar-refractivity contribution in [2.75, 3.05) is 6.54 Å². The van der Waals surface area contributed by atoms with Gasteiger partial charge in [-0.2, -0.15) is 0 Å². The van der Waals surface area contributed by atoms with E-state index in [9.17, 15) is 4.39 Å². The highest BCUT2D eigenvalue weighted by atomic mass is 127. The molecule has 1 nitrogen and oxygen atoms in total. The number of hydrogen-bond donors (Lipinski definition) is 1. The van der Waals surface area contributed by atoms with E-state index in [-0.39, 0.29) is 11.9 Å². The Morgan fingerprint density at radius 1 is 1.25 bits per heavy atom. The highest BCUT2D eigenvalue weighted by Gasteiger charge is 2.15. The van der Waals surface area contributed by atoms with Crippen LogP contribution in [-0.4, -0.2) is 6.54 Å². The summed E-state index contributed by atoms with van der Waals surface area (Å²) in [5.74, 6) is -0.193. The van der Waals surface area contributed by atoms with Crippen molar-refractivity contribution in [1.29, 1.82) is 0 Å². The van der Waals surface area contributed by atoms with Crippen molar-refractivity contribution in [3.05, 3.63) is 67.5 Å². The zero-order chi connectivity index (χ0) is 14.5. The molecule has 1 N–H and O–H groups in total. The fraction of sp³-hybridized carbons (Fsp3) is 0.250. The van der Waals surface area contributed by atoms with Crippen LogP contribution < -0.4 is 5.32 Å². The monoisotopic (exact) mass is 447 g/mol. The molecule has 1 atom stereocenters. The molecule has 0 aliphatic rings. The average Bonchev–Trinajstić information content (AvgIpc) is 2.43. The first-order valence-corrected chi connectivity index (χ1v) is 8.40. The van der Waals surface area contributed by atoms with Gasteiger partial charge in [0.1, 0.15) is 5.82 Å². The van der Waals surface area contributed by atoms with Gasteiger partial charge >= 0.3 is 0 Å². The Balaban J connectivity index is 2.30. The Morgan fingerprint density at radius 3 is 2.70 bits per heavy atom. The van der Waals surface area contributed by atoms with E-state index in [1.807, 2.05) is 12.1 Å². The minimum Gasteiger partial charge on any atom is -0.310 e. The lowest BCUT2D eigenvalue weighted by molar-refractivity contribution is 0.543. The van der Waals surface area contributed by atoms with Crippen molar-refractivity contribution < 1.29 is 4.39 Å². The first-order valence-electron chi connectivity index (χ1n) is 6.53. The summed E-state index contributed by atoms with van der Waals surface area (Å²) >= 11 is 5.85. The van der Waals surface area contributed by atoms with Crippen LogP contribution in [-0.2, 0) is 6.42 Å². The third-order valence-corrected chi connectivity index (χ3v) is 4.92. The van der Waals surface area contributed by atoms with Crippen LogP contribution in [0.25, 0.3) is 0 Å². The van der Waals surface area contributed by atoms with Crippen LogP contribution in [0, 0.1) is 9.39 Å². The summed E-state index contributed by atoms with van der Waals surface area (Å²) in [7, 11) is 0. The van der Waals surface area contributed by atoms with Gasteiger partial charge in [-0.05, 0) is 70.9 Å². The van der Waals surface area contributed by atoms with E-state index >= 15 is 0 Å². The van der Waals surface area contributed by atoms with Crippen molar-refractivity contribution in [1.82, 2.24) is 5.32 Å². The minimum atomic E-state index is -0.193. The number of benzene rings is 2. The summed E-state index contributed by atoms with van der Waals surface area (Å²) in [6.45, 7) is 2.96. The first kappa shape index (κ1) is 15.9. The second kappa shape index (κ2) is 7.52. The Morgan fingerprint density at radius 2 is 2.00 bits per heavy atom. The molecular formula is C16H16BrFIN. The Labute approximate surface area is 141 Å². The number of hydrogen-bond acceptors (Lipinski definition) is 1. The molecule has 4 heteroatoms. The lowest BCUT2D eigenvalue weighted by atomic mass is 9.99. The molecule has 0 amide bonds. The molecule has 0 bridgehead atoms. The highest BCUT2D eigenvalue weighted by Crippen LogP contribution is 2.27. The minimum absolute atomic E-state index is 0.186. The van der Waals surface area contributed by atoms with Crippen LogP contribution in [0.15, 0.2) is 46.9 Å². The summed E-state index contributed by atoms with van der Waals surface area (Å²) < 4.78 is 15.6. The van der Waals surface area contributed by atoms with Gasteiger partial charge < -0.3 is 5.32 Å². The summed E-state index contributed by atoms with van der Waals surface area (Å²) in [4.78, 5) is 0. The van der Waals surface area contributed by atoms with E-state index in [0.29, 0.717) is 0 Å². The predicted octanol–water partition coefficient (Wildman–Crippen LogP) is 5.09. The molecule has 2 rings (SSSR count). The number of likely N-dealkylation sites (N-methyl/N-ethyl adjacent to an activating group) is 1. The lowest BCUT2D eigenvalue weighted by Gasteiger charge is -2.20. The van der Waals surface area contributed by atoms with Crippen molar-refractivity contribution in [2.45, 2.75) is 19.4 Å².